The van der Waals surface area contributed by atoms with E-state index in [0.717, 1.165) is 18.2 Å². The molecule has 1 aromatic heterocycles. The molecule has 1 heterocycles. The molecular weight excluding hydrogens is 488 g/mol. The van der Waals surface area contributed by atoms with E-state index < -0.39 is 51.1 Å². The predicted molar refractivity (Wildman–Crippen MR) is 121 cm³/mol. The molecule has 34 heavy (non-hydrogen) atoms. The predicted octanol–water partition coefficient (Wildman–Crippen LogP) is 1.54. The summed E-state index contributed by atoms with van der Waals surface area (Å²) < 4.78 is 27.2. The van der Waals surface area contributed by atoms with Crippen LogP contribution in [0.2, 0.25) is 0 Å². The van der Waals surface area contributed by atoms with Crippen LogP contribution in [0, 0.1) is 0 Å². The third-order valence-corrected chi connectivity index (χ3v) is 7.31. The van der Waals surface area contributed by atoms with Crippen molar-refractivity contribution in [2.24, 2.45) is 0 Å². The van der Waals surface area contributed by atoms with E-state index in [0.29, 0.717) is 30.4 Å². The maximum absolute atomic E-state index is 12.7. The van der Waals surface area contributed by atoms with E-state index in [1.165, 1.54) is 11.3 Å². The van der Waals surface area contributed by atoms with Gasteiger partial charge in [0.25, 0.3) is 0 Å². The van der Waals surface area contributed by atoms with Crippen LogP contribution in [-0.2, 0) is 24.4 Å². The van der Waals surface area contributed by atoms with E-state index in [1.807, 2.05) is 0 Å². The van der Waals surface area contributed by atoms with Gasteiger partial charge in [-0.2, -0.15) is 0 Å². The summed E-state index contributed by atoms with van der Waals surface area (Å²) in [5, 5.41) is 31.9. The SMILES string of the molecule is O=CC[C@H](NC(=O)C(CCCCNS(=O)(=O)c1ccc(O)c(C(=O)O)c1)c1cccs1)C(=O)O. The number of hydrogen-bond donors (Lipinski definition) is 5. The molecular formula is C21H24N2O9S2. The second kappa shape index (κ2) is 12.3. The van der Waals surface area contributed by atoms with Gasteiger partial charge in [-0.15, -0.1) is 11.3 Å². The summed E-state index contributed by atoms with van der Waals surface area (Å²) in [5.41, 5.74) is -0.540. The van der Waals surface area contributed by atoms with E-state index in [4.69, 9.17) is 10.2 Å². The molecule has 0 spiro atoms. The molecule has 0 aliphatic carbocycles. The molecule has 0 saturated carbocycles. The molecule has 184 valence electrons. The number of thiophene rings is 1. The second-order valence-corrected chi connectivity index (χ2v) is 9.99. The Hall–Kier alpha value is -3.29. The monoisotopic (exact) mass is 512 g/mol. The number of carboxylic acids is 2. The Labute approximate surface area is 199 Å². The van der Waals surface area contributed by atoms with Gasteiger partial charge in [0.1, 0.15) is 23.6 Å². The van der Waals surface area contributed by atoms with Gasteiger partial charge in [0.15, 0.2) is 0 Å². The number of phenols is 1. The highest BCUT2D eigenvalue weighted by atomic mass is 32.2. The van der Waals surface area contributed by atoms with Crippen molar-refractivity contribution in [3.8, 4) is 5.75 Å². The van der Waals surface area contributed by atoms with Crippen LogP contribution in [-0.4, -0.2) is 60.5 Å². The molecule has 1 aromatic carbocycles. The van der Waals surface area contributed by atoms with E-state index in [-0.39, 0.29) is 17.9 Å². The number of unbranched alkanes of at least 4 members (excludes halogenated alkanes) is 1. The summed E-state index contributed by atoms with van der Waals surface area (Å²) in [6.45, 7) is 0.00723. The maximum Gasteiger partial charge on any atom is 0.339 e. The zero-order valence-electron chi connectivity index (χ0n) is 17.8. The van der Waals surface area contributed by atoms with Gasteiger partial charge in [-0.1, -0.05) is 12.5 Å². The fourth-order valence-electron chi connectivity index (χ4n) is 3.10. The summed E-state index contributed by atoms with van der Waals surface area (Å²) in [4.78, 5) is 46.1. The summed E-state index contributed by atoms with van der Waals surface area (Å²) in [7, 11) is -4.03. The van der Waals surface area contributed by atoms with Gasteiger partial charge in [-0.25, -0.2) is 22.7 Å². The van der Waals surface area contributed by atoms with Crippen molar-refractivity contribution in [2.45, 2.75) is 42.5 Å². The summed E-state index contributed by atoms with van der Waals surface area (Å²) in [5.74, 6) is -4.55. The molecule has 5 N–H and O–H groups in total. The van der Waals surface area contributed by atoms with E-state index in [1.54, 1.807) is 17.5 Å². The first-order chi connectivity index (χ1) is 16.1. The van der Waals surface area contributed by atoms with Crippen molar-refractivity contribution >= 4 is 45.5 Å². The number of sulfonamides is 1. The molecule has 0 radical (unpaired) electrons. The van der Waals surface area contributed by atoms with Gasteiger partial charge in [-0.3, -0.25) is 4.79 Å². The fourth-order valence-corrected chi connectivity index (χ4v) is 5.06. The number of rotatable bonds is 14. The van der Waals surface area contributed by atoms with Crippen LogP contribution < -0.4 is 10.0 Å². The van der Waals surface area contributed by atoms with E-state index >= 15 is 0 Å². The fraction of sp³-hybridized carbons (Fsp3) is 0.333. The van der Waals surface area contributed by atoms with Crippen molar-refractivity contribution in [1.29, 1.82) is 0 Å². The molecule has 13 heteroatoms. The quantitative estimate of drug-likeness (QED) is 0.185. The van der Waals surface area contributed by atoms with Gasteiger partial charge in [0, 0.05) is 17.8 Å². The van der Waals surface area contributed by atoms with Crippen molar-refractivity contribution in [1.82, 2.24) is 10.0 Å². The number of benzene rings is 1. The highest BCUT2D eigenvalue weighted by Crippen LogP contribution is 2.27. The van der Waals surface area contributed by atoms with Crippen LogP contribution >= 0.6 is 11.3 Å². The van der Waals surface area contributed by atoms with Crippen molar-refractivity contribution < 1.29 is 42.9 Å². The molecule has 0 saturated heterocycles. The standard InChI is InChI=1S/C21H24N2O9S2/c24-10-8-16(21(29)30)23-19(26)14(18-5-3-11-33-18)4-1-2-9-22-34(31,32)13-6-7-17(25)15(12-13)20(27)28/h3,5-7,10-12,14,16,22,25H,1-2,4,8-9H2,(H,23,26)(H,27,28)(H,29,30)/t14?,16-/m0/s1. The average Bonchev–Trinajstić information content (AvgIpc) is 3.30. The number of aliphatic carboxylic acids is 1. The summed E-state index contributed by atoms with van der Waals surface area (Å²) in [6.07, 6.45) is 1.12. The first-order valence-corrected chi connectivity index (χ1v) is 12.5. The lowest BCUT2D eigenvalue weighted by Crippen LogP contribution is -2.43. The minimum atomic E-state index is -4.03. The topological polar surface area (TPSA) is 187 Å². The number of carbonyl (C=O) groups excluding carboxylic acids is 2. The average molecular weight is 513 g/mol. The van der Waals surface area contributed by atoms with Crippen LogP contribution in [0.15, 0.2) is 40.6 Å². The molecule has 2 rings (SSSR count). The van der Waals surface area contributed by atoms with Crippen molar-refractivity contribution in [3.63, 3.8) is 0 Å². The van der Waals surface area contributed by atoms with Gasteiger partial charge in [-0.05, 0) is 42.5 Å². The van der Waals surface area contributed by atoms with Gasteiger partial charge >= 0.3 is 11.9 Å². The van der Waals surface area contributed by atoms with Crippen LogP contribution in [0.3, 0.4) is 0 Å². The zero-order chi connectivity index (χ0) is 25.3. The lowest BCUT2D eigenvalue weighted by molar-refractivity contribution is -0.142. The van der Waals surface area contributed by atoms with E-state index in [9.17, 15) is 32.7 Å². The smallest absolute Gasteiger partial charge is 0.339 e. The number of aromatic hydroxyl groups is 1. The zero-order valence-corrected chi connectivity index (χ0v) is 19.5. The van der Waals surface area contributed by atoms with Crippen LogP contribution in [0.5, 0.6) is 5.75 Å². The minimum absolute atomic E-state index is 0.00723. The Morgan fingerprint density at radius 1 is 1.12 bits per heavy atom. The number of aromatic carboxylic acids is 1. The number of carboxylic acid groups (broad SMARTS) is 2. The van der Waals surface area contributed by atoms with Gasteiger partial charge in [0.05, 0.1) is 10.8 Å². The van der Waals surface area contributed by atoms with Crippen LogP contribution in [0.4, 0.5) is 0 Å². The number of nitrogens with one attached hydrogen (secondary N) is 2. The summed E-state index contributed by atoms with van der Waals surface area (Å²) >= 11 is 1.32. The Morgan fingerprint density at radius 2 is 1.85 bits per heavy atom. The van der Waals surface area contributed by atoms with Gasteiger partial charge in [0.2, 0.25) is 15.9 Å². The Bertz CT molecular complexity index is 1130. The molecule has 2 aromatic rings. The maximum atomic E-state index is 12.7. The molecule has 0 fully saturated rings. The van der Waals surface area contributed by atoms with Crippen LogP contribution in [0.25, 0.3) is 0 Å². The number of aldehydes is 1. The van der Waals surface area contributed by atoms with Crippen molar-refractivity contribution in [3.05, 3.63) is 46.2 Å². The minimum Gasteiger partial charge on any atom is -0.507 e. The molecule has 2 atom stereocenters. The molecule has 1 amide bonds. The molecule has 0 aliphatic heterocycles. The van der Waals surface area contributed by atoms with Gasteiger partial charge < -0.3 is 25.4 Å². The third-order valence-electron chi connectivity index (χ3n) is 4.87. The molecule has 11 nitrogen and oxygen atoms in total. The Morgan fingerprint density at radius 3 is 2.44 bits per heavy atom. The highest BCUT2D eigenvalue weighted by molar-refractivity contribution is 7.89. The normalized spacial score (nSPS) is 13.1. The second-order valence-electron chi connectivity index (χ2n) is 7.25. The molecule has 0 bridgehead atoms. The number of amides is 1. The molecule has 1 unspecified atom stereocenters. The van der Waals surface area contributed by atoms with Crippen molar-refractivity contribution in [2.75, 3.05) is 6.54 Å². The number of hydrogen-bond acceptors (Lipinski definition) is 8. The lowest BCUT2D eigenvalue weighted by Gasteiger charge is -2.18. The largest absolute Gasteiger partial charge is 0.507 e. The van der Waals surface area contributed by atoms with Crippen LogP contribution in [0.1, 0.15) is 46.8 Å². The lowest BCUT2D eigenvalue weighted by atomic mass is 9.98. The highest BCUT2D eigenvalue weighted by Gasteiger charge is 2.27. The molecule has 0 aliphatic rings. The Balaban J connectivity index is 1.96. The van der Waals surface area contributed by atoms with E-state index in [2.05, 4.69) is 10.0 Å². The first kappa shape index (κ1) is 27.0. The third kappa shape index (κ3) is 7.37. The first-order valence-electron chi connectivity index (χ1n) is 10.1. The summed E-state index contributed by atoms with van der Waals surface area (Å²) in [6, 6.07) is 5.07. The number of carbonyl (C=O) groups is 4. The Kier molecular flexibility index (Phi) is 9.71.